The molecule has 0 unspecified atom stereocenters. The van der Waals surface area contributed by atoms with Crippen molar-refractivity contribution in [3.8, 4) is 0 Å². The highest BCUT2D eigenvalue weighted by Gasteiger charge is 2.33. The quantitative estimate of drug-likeness (QED) is 0.866. The maximum Gasteiger partial charge on any atom is 0.279 e. The average molecular weight is 340 g/mol. The van der Waals surface area contributed by atoms with Gasteiger partial charge in [-0.3, -0.25) is 9.89 Å². The van der Waals surface area contributed by atoms with Gasteiger partial charge in [-0.2, -0.15) is 5.10 Å². The molecule has 1 aromatic heterocycles. The first kappa shape index (κ1) is 16.3. The van der Waals surface area contributed by atoms with Crippen LogP contribution in [0.15, 0.2) is 24.3 Å². The molecule has 2 aliphatic heterocycles. The van der Waals surface area contributed by atoms with E-state index >= 15 is 0 Å². The Balaban J connectivity index is 1.73. The van der Waals surface area contributed by atoms with Crippen LogP contribution in [0.2, 0.25) is 0 Å². The van der Waals surface area contributed by atoms with Crippen LogP contribution in [0, 0.1) is 0 Å². The van der Waals surface area contributed by atoms with Crippen molar-refractivity contribution in [3.05, 3.63) is 46.8 Å². The minimum absolute atomic E-state index is 0.0263. The summed E-state index contributed by atoms with van der Waals surface area (Å²) in [5, 5.41) is 7.40. The Labute approximate surface area is 147 Å². The van der Waals surface area contributed by atoms with E-state index in [-0.39, 0.29) is 18.1 Å². The molecule has 0 bridgehead atoms. The van der Waals surface area contributed by atoms with Gasteiger partial charge < -0.3 is 14.5 Å². The molecule has 2 atom stereocenters. The number of amides is 1. The Hall–Kier alpha value is -2.18. The fourth-order valence-corrected chi connectivity index (χ4v) is 3.86. The standard InChI is InChI=1S/C19H24N4O2/c1-12-10-15-17(13(2)25-12)20-21-18(15)19(24)23-9-8-22(3)11-14-6-4-5-7-16(14)23/h4-7,12-13H,8-11H2,1-3H3,(H,20,21)/t12-,13+/m1/s1. The summed E-state index contributed by atoms with van der Waals surface area (Å²) in [7, 11) is 2.09. The normalized spacial score (nSPS) is 23.7. The van der Waals surface area contributed by atoms with Gasteiger partial charge in [-0.1, -0.05) is 18.2 Å². The molecule has 0 saturated heterocycles. The lowest BCUT2D eigenvalue weighted by Crippen LogP contribution is -2.36. The lowest BCUT2D eigenvalue weighted by molar-refractivity contribution is -0.00696. The van der Waals surface area contributed by atoms with Crippen LogP contribution in [0.1, 0.15) is 47.3 Å². The largest absolute Gasteiger partial charge is 0.369 e. The third-order valence-corrected chi connectivity index (χ3v) is 5.11. The number of ether oxygens (including phenoxy) is 1. The highest BCUT2D eigenvalue weighted by atomic mass is 16.5. The van der Waals surface area contributed by atoms with Crippen LogP contribution in [-0.4, -0.2) is 47.2 Å². The van der Waals surface area contributed by atoms with Crippen molar-refractivity contribution in [1.29, 1.82) is 0 Å². The molecule has 1 N–H and O–H groups in total. The number of aromatic amines is 1. The number of carbonyl (C=O) groups excluding carboxylic acids is 1. The van der Waals surface area contributed by atoms with Crippen molar-refractivity contribution in [1.82, 2.24) is 15.1 Å². The summed E-state index contributed by atoms with van der Waals surface area (Å²) in [5.41, 5.74) is 4.64. The van der Waals surface area contributed by atoms with Gasteiger partial charge >= 0.3 is 0 Å². The monoisotopic (exact) mass is 340 g/mol. The van der Waals surface area contributed by atoms with Gasteiger partial charge in [-0.15, -0.1) is 0 Å². The van der Waals surface area contributed by atoms with Crippen molar-refractivity contribution in [2.45, 2.75) is 39.0 Å². The van der Waals surface area contributed by atoms with Gasteiger partial charge in [-0.25, -0.2) is 0 Å². The maximum atomic E-state index is 13.4. The molecule has 0 aliphatic carbocycles. The van der Waals surface area contributed by atoms with E-state index in [1.54, 1.807) is 0 Å². The van der Waals surface area contributed by atoms with E-state index in [1.807, 2.05) is 36.9 Å². The van der Waals surface area contributed by atoms with Gasteiger partial charge in [0.05, 0.1) is 17.9 Å². The topological polar surface area (TPSA) is 61.5 Å². The Morgan fingerprint density at radius 1 is 1.28 bits per heavy atom. The highest BCUT2D eigenvalue weighted by molar-refractivity contribution is 6.06. The second-order valence-corrected chi connectivity index (χ2v) is 7.08. The number of carbonyl (C=O) groups is 1. The fourth-order valence-electron chi connectivity index (χ4n) is 3.86. The van der Waals surface area contributed by atoms with Crippen LogP contribution in [0.3, 0.4) is 0 Å². The predicted molar refractivity (Wildman–Crippen MR) is 95.7 cm³/mol. The minimum atomic E-state index is -0.0599. The third kappa shape index (κ3) is 2.85. The Kier molecular flexibility index (Phi) is 4.09. The lowest BCUT2D eigenvalue weighted by Gasteiger charge is -2.26. The zero-order chi connectivity index (χ0) is 17.6. The summed E-state index contributed by atoms with van der Waals surface area (Å²) < 4.78 is 5.84. The number of hydrogen-bond donors (Lipinski definition) is 1. The molecule has 2 aromatic rings. The number of nitrogens with zero attached hydrogens (tertiary/aromatic N) is 3. The summed E-state index contributed by atoms with van der Waals surface area (Å²) in [4.78, 5) is 17.5. The summed E-state index contributed by atoms with van der Waals surface area (Å²) in [6, 6.07) is 8.13. The molecule has 2 aliphatic rings. The van der Waals surface area contributed by atoms with Crippen LogP contribution in [-0.2, 0) is 17.7 Å². The molecular weight excluding hydrogens is 316 g/mol. The summed E-state index contributed by atoms with van der Waals surface area (Å²) in [5.74, 6) is -0.0263. The molecule has 0 saturated carbocycles. The number of nitrogens with one attached hydrogen (secondary N) is 1. The number of fused-ring (bicyclic) bond motifs is 2. The van der Waals surface area contributed by atoms with Gasteiger partial charge in [0.1, 0.15) is 0 Å². The smallest absolute Gasteiger partial charge is 0.279 e. The summed E-state index contributed by atoms with van der Waals surface area (Å²) in [6.45, 7) is 6.38. The zero-order valence-corrected chi connectivity index (χ0v) is 15.0. The number of benzene rings is 1. The van der Waals surface area contributed by atoms with E-state index < -0.39 is 0 Å². The van der Waals surface area contributed by atoms with Crippen LogP contribution in [0.5, 0.6) is 0 Å². The van der Waals surface area contributed by atoms with Crippen LogP contribution >= 0.6 is 0 Å². The molecule has 3 heterocycles. The second-order valence-electron chi connectivity index (χ2n) is 7.08. The SMILES string of the molecule is C[C@@H]1Cc2c(C(=O)N3CCN(C)Cc4ccccc43)n[nH]c2[C@H](C)O1. The first-order valence-corrected chi connectivity index (χ1v) is 8.85. The van der Waals surface area contributed by atoms with Crippen molar-refractivity contribution in [3.63, 3.8) is 0 Å². The Morgan fingerprint density at radius 2 is 2.08 bits per heavy atom. The highest BCUT2D eigenvalue weighted by Crippen LogP contribution is 2.32. The molecule has 1 aromatic carbocycles. The molecule has 0 spiro atoms. The van der Waals surface area contributed by atoms with Gasteiger partial charge in [0.2, 0.25) is 0 Å². The molecule has 132 valence electrons. The summed E-state index contributed by atoms with van der Waals surface area (Å²) in [6.07, 6.45) is 0.747. The predicted octanol–water partition coefficient (Wildman–Crippen LogP) is 2.52. The molecule has 25 heavy (non-hydrogen) atoms. The van der Waals surface area contributed by atoms with Crippen molar-refractivity contribution in [2.75, 3.05) is 25.0 Å². The van der Waals surface area contributed by atoms with Crippen LogP contribution in [0.25, 0.3) is 0 Å². The van der Waals surface area contributed by atoms with Crippen LogP contribution in [0.4, 0.5) is 5.69 Å². The molecule has 6 nitrogen and oxygen atoms in total. The van der Waals surface area contributed by atoms with Crippen molar-refractivity contribution >= 4 is 11.6 Å². The number of anilines is 1. The molecule has 4 rings (SSSR count). The number of H-pyrrole nitrogens is 1. The van der Waals surface area contributed by atoms with E-state index in [2.05, 4.69) is 28.2 Å². The number of aromatic nitrogens is 2. The summed E-state index contributed by atoms with van der Waals surface area (Å²) >= 11 is 0. The van der Waals surface area contributed by atoms with E-state index in [0.717, 1.165) is 30.0 Å². The minimum Gasteiger partial charge on any atom is -0.369 e. The first-order chi connectivity index (χ1) is 12.0. The molecular formula is C19H24N4O2. The Morgan fingerprint density at radius 3 is 2.92 bits per heavy atom. The molecule has 1 amide bonds. The number of rotatable bonds is 1. The fraction of sp³-hybridized carbons (Fsp3) is 0.474. The molecule has 0 radical (unpaired) electrons. The Bertz CT molecular complexity index is 800. The number of likely N-dealkylation sites (N-methyl/N-ethyl adjacent to an activating group) is 1. The number of para-hydroxylation sites is 1. The van der Waals surface area contributed by atoms with Gasteiger partial charge in [0, 0.05) is 37.3 Å². The average Bonchev–Trinajstić information content (AvgIpc) is 2.92. The third-order valence-electron chi connectivity index (χ3n) is 5.11. The van der Waals surface area contributed by atoms with E-state index in [0.29, 0.717) is 18.7 Å². The van der Waals surface area contributed by atoms with Gasteiger partial charge in [-0.05, 0) is 32.5 Å². The zero-order valence-electron chi connectivity index (χ0n) is 15.0. The van der Waals surface area contributed by atoms with Crippen molar-refractivity contribution in [2.24, 2.45) is 0 Å². The van der Waals surface area contributed by atoms with Crippen LogP contribution < -0.4 is 4.90 Å². The second kappa shape index (κ2) is 6.28. The van der Waals surface area contributed by atoms with E-state index in [1.165, 1.54) is 5.56 Å². The first-order valence-electron chi connectivity index (χ1n) is 8.85. The van der Waals surface area contributed by atoms with E-state index in [4.69, 9.17) is 4.74 Å². The molecule has 6 heteroatoms. The van der Waals surface area contributed by atoms with Gasteiger partial charge in [0.25, 0.3) is 5.91 Å². The number of hydrogen-bond acceptors (Lipinski definition) is 4. The van der Waals surface area contributed by atoms with E-state index in [9.17, 15) is 4.79 Å². The van der Waals surface area contributed by atoms with Gasteiger partial charge in [0.15, 0.2) is 5.69 Å². The van der Waals surface area contributed by atoms with Crippen molar-refractivity contribution < 1.29 is 9.53 Å². The molecule has 0 fully saturated rings. The maximum absolute atomic E-state index is 13.4. The lowest BCUT2D eigenvalue weighted by atomic mass is 9.99.